The van der Waals surface area contributed by atoms with Crippen LogP contribution in [0.25, 0.3) is 22.4 Å². The fourth-order valence-electron chi connectivity index (χ4n) is 7.10. The summed E-state index contributed by atoms with van der Waals surface area (Å²) < 4.78 is 4.75. The molecule has 6 rings (SSSR count). The van der Waals surface area contributed by atoms with Gasteiger partial charge in [-0.05, 0) is 59.5 Å². The molecule has 0 spiro atoms. The third kappa shape index (κ3) is 8.69. The van der Waals surface area contributed by atoms with Crippen LogP contribution in [0.5, 0.6) is 0 Å². The number of nitrogens with two attached hydrogens (primary N) is 1. The van der Waals surface area contributed by atoms with Gasteiger partial charge in [-0.1, -0.05) is 86.6 Å². The number of Topliss-reactive ketones (excluding diaryl/α,β-unsaturated/α-hetero) is 1. The fraction of sp³-hybridized carbons (Fsp3) is 0.375. The molecule has 0 radical (unpaired) electrons. The van der Waals surface area contributed by atoms with E-state index in [-0.39, 0.29) is 36.4 Å². The maximum atomic E-state index is 12.9. The van der Waals surface area contributed by atoms with Crippen molar-refractivity contribution in [2.24, 2.45) is 16.6 Å². The zero-order valence-electron chi connectivity index (χ0n) is 30.4. The average molecular weight is 721 g/mol. The molecule has 1 fully saturated rings. The van der Waals surface area contributed by atoms with Gasteiger partial charge in [-0.15, -0.1) is 0 Å². The summed E-state index contributed by atoms with van der Waals surface area (Å²) in [6.45, 7) is 6.23. The first-order valence-corrected chi connectivity index (χ1v) is 18.1. The quantitative estimate of drug-likeness (QED) is 0.0482. The summed E-state index contributed by atoms with van der Waals surface area (Å²) in [4.78, 5) is 52.8. The van der Waals surface area contributed by atoms with E-state index in [9.17, 15) is 19.5 Å². The standard InChI is InChI=1S/C40H48N8O5/c1-25(2)32(46-39(50)53-3)21-44-38(41)47-20-6-9-35(47)37-43-22-33(45-37)28-14-10-26(11-15-28)27-12-16-29(17-13-27)36(49)23-42-19-18-34-31-8-5-4-7-30(31)24-48(34)40(51)52/h4-5,7-8,10-17,22,25,32,34-35,42H,6,9,18-21,23-24H2,1-3H3,(H2,41,44)(H,43,45)(H,46,50)(H,51,52). The minimum Gasteiger partial charge on any atom is -0.465 e. The van der Waals surface area contributed by atoms with Crippen molar-refractivity contribution in [2.75, 3.05) is 33.3 Å². The smallest absolute Gasteiger partial charge is 0.408 e. The zero-order chi connectivity index (χ0) is 37.5. The van der Waals surface area contributed by atoms with Crippen LogP contribution < -0.4 is 16.4 Å². The van der Waals surface area contributed by atoms with Crippen LogP contribution in [0.3, 0.4) is 0 Å². The van der Waals surface area contributed by atoms with E-state index in [0.717, 1.165) is 58.7 Å². The average Bonchev–Trinajstić information content (AvgIpc) is 3.94. The number of nitrogens with zero attached hydrogens (tertiary/aromatic N) is 4. The van der Waals surface area contributed by atoms with E-state index in [1.54, 1.807) is 0 Å². The number of hydrogen-bond donors (Lipinski definition) is 5. The maximum absolute atomic E-state index is 12.9. The Morgan fingerprint density at radius 2 is 1.72 bits per heavy atom. The van der Waals surface area contributed by atoms with Crippen LogP contribution in [0.1, 0.15) is 72.5 Å². The van der Waals surface area contributed by atoms with Crippen LogP contribution >= 0.6 is 0 Å². The summed E-state index contributed by atoms with van der Waals surface area (Å²) in [5.74, 6) is 1.39. The van der Waals surface area contributed by atoms with Gasteiger partial charge in [-0.25, -0.2) is 14.6 Å². The molecule has 3 unspecified atom stereocenters. The van der Waals surface area contributed by atoms with E-state index < -0.39 is 12.2 Å². The molecular weight excluding hydrogens is 672 g/mol. The minimum atomic E-state index is -0.933. The molecular formula is C40H48N8O5. The lowest BCUT2D eigenvalue weighted by Gasteiger charge is -2.25. The molecule has 3 atom stereocenters. The van der Waals surface area contributed by atoms with Gasteiger partial charge >= 0.3 is 12.2 Å². The predicted molar refractivity (Wildman–Crippen MR) is 203 cm³/mol. The number of imidazole rings is 1. The Labute approximate surface area is 309 Å². The van der Waals surface area contributed by atoms with Gasteiger partial charge in [0, 0.05) is 18.7 Å². The van der Waals surface area contributed by atoms with Crippen molar-refractivity contribution >= 4 is 23.9 Å². The highest BCUT2D eigenvalue weighted by molar-refractivity contribution is 5.98. The number of methoxy groups -OCH3 is 1. The highest BCUT2D eigenvalue weighted by Crippen LogP contribution is 2.36. The number of aromatic nitrogens is 2. The van der Waals surface area contributed by atoms with E-state index in [1.807, 2.05) is 80.7 Å². The van der Waals surface area contributed by atoms with Crippen LogP contribution in [0, 0.1) is 5.92 Å². The number of carbonyl (C=O) groups excluding carboxylic acids is 2. The number of alkyl carbamates (subject to hydrolysis) is 1. The van der Waals surface area contributed by atoms with E-state index >= 15 is 0 Å². The summed E-state index contributed by atoms with van der Waals surface area (Å²) in [6.07, 6.45) is 2.86. The molecule has 1 saturated heterocycles. The Balaban J connectivity index is 1.01. The van der Waals surface area contributed by atoms with Crippen LogP contribution in [0.4, 0.5) is 9.59 Å². The molecule has 2 aliphatic rings. The summed E-state index contributed by atoms with van der Waals surface area (Å²) in [6, 6.07) is 23.1. The van der Waals surface area contributed by atoms with E-state index in [0.29, 0.717) is 37.6 Å². The largest absolute Gasteiger partial charge is 0.465 e. The van der Waals surface area contributed by atoms with Gasteiger partial charge in [0.25, 0.3) is 0 Å². The molecule has 13 nitrogen and oxygen atoms in total. The number of nitrogens with one attached hydrogen (secondary N) is 3. The van der Waals surface area contributed by atoms with Crippen LogP contribution in [0.2, 0.25) is 0 Å². The molecule has 6 N–H and O–H groups in total. The second kappa shape index (κ2) is 16.8. The van der Waals surface area contributed by atoms with E-state index in [2.05, 4.69) is 37.6 Å². The number of hydrogen-bond acceptors (Lipinski definition) is 7. The molecule has 1 aromatic heterocycles. The first-order chi connectivity index (χ1) is 25.6. The molecule has 278 valence electrons. The summed E-state index contributed by atoms with van der Waals surface area (Å²) in [5, 5.41) is 15.7. The first kappa shape index (κ1) is 37.1. The molecule has 4 aromatic rings. The van der Waals surface area contributed by atoms with Crippen LogP contribution in [-0.2, 0) is 11.3 Å². The van der Waals surface area contributed by atoms with Crippen molar-refractivity contribution in [2.45, 2.75) is 57.8 Å². The number of likely N-dealkylation sites (tertiary alicyclic amines) is 1. The van der Waals surface area contributed by atoms with Crippen molar-refractivity contribution in [3.05, 3.63) is 102 Å². The van der Waals surface area contributed by atoms with Gasteiger partial charge in [0.1, 0.15) is 5.82 Å². The molecule has 53 heavy (non-hydrogen) atoms. The highest BCUT2D eigenvalue weighted by Gasteiger charge is 2.33. The number of ether oxygens (including phenoxy) is 1. The number of guanidine groups is 1. The number of amides is 2. The SMILES string of the molecule is COC(=O)NC(CN=C(N)N1CCCC1c1ncc(-c2ccc(-c3ccc(C(=O)CNCCC4c5ccccc5CN4C(=O)O)cc3)cc2)[nH]1)C(C)C. The molecule has 2 aliphatic heterocycles. The van der Waals surface area contributed by atoms with Gasteiger partial charge in [0.05, 0.1) is 50.2 Å². The van der Waals surface area contributed by atoms with Crippen molar-refractivity contribution in [3.63, 3.8) is 0 Å². The lowest BCUT2D eigenvalue weighted by molar-refractivity contribution is 0.0987. The number of H-pyrrole nitrogens is 1. The van der Waals surface area contributed by atoms with Gasteiger partial charge in [0.2, 0.25) is 0 Å². The Kier molecular flexibility index (Phi) is 11.7. The molecule has 0 saturated carbocycles. The maximum Gasteiger partial charge on any atom is 0.408 e. The number of ketones is 1. The number of carbonyl (C=O) groups is 3. The summed E-state index contributed by atoms with van der Waals surface area (Å²) in [5.41, 5.74) is 13.1. The predicted octanol–water partition coefficient (Wildman–Crippen LogP) is 5.97. The Morgan fingerprint density at radius 3 is 2.42 bits per heavy atom. The van der Waals surface area contributed by atoms with Gasteiger partial charge in [0.15, 0.2) is 11.7 Å². The lowest BCUT2D eigenvalue weighted by atomic mass is 10.0. The molecule has 3 aromatic carbocycles. The molecule has 0 bridgehead atoms. The highest BCUT2D eigenvalue weighted by atomic mass is 16.5. The first-order valence-electron chi connectivity index (χ1n) is 18.1. The van der Waals surface area contributed by atoms with Gasteiger partial charge in [-0.2, -0.15) is 0 Å². The number of aliphatic imine (C=N–C) groups is 1. The third-order valence-corrected chi connectivity index (χ3v) is 10.2. The second-order valence-electron chi connectivity index (χ2n) is 13.9. The summed E-state index contributed by atoms with van der Waals surface area (Å²) in [7, 11) is 1.34. The monoisotopic (exact) mass is 720 g/mol. The number of carboxylic acid groups (broad SMARTS) is 1. The van der Waals surface area contributed by atoms with Crippen LogP contribution in [0.15, 0.2) is 84.0 Å². The Hall–Kier alpha value is -5.69. The molecule has 3 heterocycles. The van der Waals surface area contributed by atoms with Crippen molar-refractivity contribution in [1.82, 2.24) is 30.4 Å². The fourth-order valence-corrected chi connectivity index (χ4v) is 7.10. The number of rotatable bonds is 13. The van der Waals surface area contributed by atoms with Crippen LogP contribution in [-0.4, -0.2) is 88.1 Å². The van der Waals surface area contributed by atoms with E-state index in [1.165, 1.54) is 12.0 Å². The van der Waals surface area contributed by atoms with Crippen molar-refractivity contribution in [3.8, 4) is 22.4 Å². The topological polar surface area (TPSA) is 178 Å². The Bertz CT molecular complexity index is 1920. The molecule has 13 heteroatoms. The van der Waals surface area contributed by atoms with Gasteiger partial charge in [-0.3, -0.25) is 14.7 Å². The summed E-state index contributed by atoms with van der Waals surface area (Å²) >= 11 is 0. The molecule has 2 amide bonds. The minimum absolute atomic E-state index is 0.0203. The van der Waals surface area contributed by atoms with Crippen molar-refractivity contribution < 1.29 is 24.2 Å². The molecule has 0 aliphatic carbocycles. The third-order valence-electron chi connectivity index (χ3n) is 10.2. The number of benzene rings is 3. The Morgan fingerprint density at radius 1 is 1.02 bits per heavy atom. The zero-order valence-corrected chi connectivity index (χ0v) is 30.4. The lowest BCUT2D eigenvalue weighted by Crippen LogP contribution is -2.43. The number of aromatic amines is 1. The second-order valence-corrected chi connectivity index (χ2v) is 13.9. The van der Waals surface area contributed by atoms with Gasteiger partial charge < -0.3 is 36.1 Å². The number of fused-ring (bicyclic) bond motifs is 1. The van der Waals surface area contributed by atoms with Crippen molar-refractivity contribution in [1.29, 1.82) is 0 Å². The van der Waals surface area contributed by atoms with E-state index in [4.69, 9.17) is 15.5 Å². The normalized spacial score (nSPS) is 17.5.